The predicted molar refractivity (Wildman–Crippen MR) is 66.9 cm³/mol. The first-order chi connectivity index (χ1) is 8.02. The molecule has 17 heavy (non-hydrogen) atoms. The largest absolute Gasteiger partial charge is 0.368 e. The number of fused-ring (bicyclic) bond motifs is 1. The fourth-order valence-electron chi connectivity index (χ4n) is 1.89. The fraction of sp³-hybridized carbons (Fsp3) is 0.231. The Labute approximate surface area is 98.7 Å². The third-order valence-electron chi connectivity index (χ3n) is 3.02. The minimum Gasteiger partial charge on any atom is -0.368 e. The van der Waals surface area contributed by atoms with Gasteiger partial charge in [0.1, 0.15) is 6.04 Å². The van der Waals surface area contributed by atoms with Crippen LogP contribution < -0.4 is 11.3 Å². The molecule has 0 spiro atoms. The topological polar surface area (TPSA) is 65.1 Å². The third-order valence-corrected chi connectivity index (χ3v) is 3.02. The zero-order valence-electron chi connectivity index (χ0n) is 9.81. The van der Waals surface area contributed by atoms with E-state index in [-0.39, 0.29) is 5.56 Å². The molecule has 1 aromatic carbocycles. The quantitative estimate of drug-likeness (QED) is 0.846. The molecule has 0 saturated heterocycles. The maximum atomic E-state index is 12.2. The van der Waals surface area contributed by atoms with E-state index in [2.05, 4.69) is 0 Å². The number of aryl methyl sites for hydroxylation is 1. The Morgan fingerprint density at radius 2 is 2.00 bits per heavy atom. The number of carbonyl (C=O) groups is 1. The van der Waals surface area contributed by atoms with Gasteiger partial charge in [0.15, 0.2) is 0 Å². The van der Waals surface area contributed by atoms with Crippen molar-refractivity contribution in [3.05, 3.63) is 46.4 Å². The Balaban J connectivity index is 2.75. The van der Waals surface area contributed by atoms with E-state index in [0.717, 1.165) is 10.9 Å². The average Bonchev–Trinajstić information content (AvgIpc) is 2.30. The van der Waals surface area contributed by atoms with Crippen molar-refractivity contribution in [1.29, 1.82) is 0 Å². The van der Waals surface area contributed by atoms with Crippen molar-refractivity contribution in [1.82, 2.24) is 4.57 Å². The van der Waals surface area contributed by atoms with Gasteiger partial charge in [-0.05, 0) is 36.9 Å². The molecule has 1 amide bonds. The molecule has 0 bridgehead atoms. The first kappa shape index (κ1) is 11.4. The highest BCUT2D eigenvalue weighted by Gasteiger charge is 2.13. The third kappa shape index (κ3) is 1.82. The second kappa shape index (κ2) is 4.05. The summed E-state index contributed by atoms with van der Waals surface area (Å²) >= 11 is 0. The molecule has 2 rings (SSSR count). The number of benzene rings is 1. The summed E-state index contributed by atoms with van der Waals surface area (Å²) in [6, 6.07) is 6.75. The Hall–Kier alpha value is -2.10. The number of carbonyl (C=O) groups excluding carboxylic acids is 1. The van der Waals surface area contributed by atoms with Crippen LogP contribution in [0.2, 0.25) is 0 Å². The molecule has 88 valence electrons. The molecule has 2 N–H and O–H groups in total. The Morgan fingerprint density at radius 3 is 2.65 bits per heavy atom. The van der Waals surface area contributed by atoms with E-state index in [1.807, 2.05) is 25.1 Å². The minimum absolute atomic E-state index is 0.183. The highest BCUT2D eigenvalue weighted by Crippen LogP contribution is 2.15. The SMILES string of the molecule is Cc1cccc2c(=O)n([C@@H](C)C(N)=O)ccc12. The van der Waals surface area contributed by atoms with Crippen LogP contribution in [0.25, 0.3) is 10.8 Å². The molecule has 0 aliphatic carbocycles. The van der Waals surface area contributed by atoms with Crippen LogP contribution >= 0.6 is 0 Å². The number of aromatic nitrogens is 1. The van der Waals surface area contributed by atoms with Crippen LogP contribution in [0.5, 0.6) is 0 Å². The van der Waals surface area contributed by atoms with Gasteiger partial charge >= 0.3 is 0 Å². The molecule has 0 saturated carbocycles. The lowest BCUT2D eigenvalue weighted by Gasteiger charge is -2.12. The smallest absolute Gasteiger partial charge is 0.259 e. The Morgan fingerprint density at radius 1 is 1.29 bits per heavy atom. The molecular formula is C13H14N2O2. The molecule has 0 unspecified atom stereocenters. The first-order valence-corrected chi connectivity index (χ1v) is 5.42. The maximum Gasteiger partial charge on any atom is 0.259 e. The summed E-state index contributed by atoms with van der Waals surface area (Å²) < 4.78 is 1.37. The van der Waals surface area contributed by atoms with Crippen LogP contribution in [0.4, 0.5) is 0 Å². The molecular weight excluding hydrogens is 216 g/mol. The molecule has 0 aliphatic rings. The van der Waals surface area contributed by atoms with Crippen LogP contribution in [0.15, 0.2) is 35.3 Å². The summed E-state index contributed by atoms with van der Waals surface area (Å²) in [6.45, 7) is 3.56. The van der Waals surface area contributed by atoms with Gasteiger partial charge < -0.3 is 10.3 Å². The van der Waals surface area contributed by atoms with Crippen molar-refractivity contribution in [3.8, 4) is 0 Å². The van der Waals surface area contributed by atoms with E-state index < -0.39 is 11.9 Å². The lowest BCUT2D eigenvalue weighted by Crippen LogP contribution is -2.31. The van der Waals surface area contributed by atoms with Crippen LogP contribution in [-0.2, 0) is 4.79 Å². The molecule has 0 aliphatic heterocycles. The molecule has 4 nitrogen and oxygen atoms in total. The average molecular weight is 230 g/mol. The molecule has 4 heteroatoms. The van der Waals surface area contributed by atoms with Crippen LogP contribution in [0, 0.1) is 6.92 Å². The van der Waals surface area contributed by atoms with E-state index >= 15 is 0 Å². The van der Waals surface area contributed by atoms with Gasteiger partial charge in [0.2, 0.25) is 5.91 Å². The number of nitrogens with zero attached hydrogens (tertiary/aromatic N) is 1. The van der Waals surface area contributed by atoms with Crippen molar-refractivity contribution in [3.63, 3.8) is 0 Å². The Kier molecular flexibility index (Phi) is 2.71. The van der Waals surface area contributed by atoms with Crippen molar-refractivity contribution in [2.24, 2.45) is 5.73 Å². The van der Waals surface area contributed by atoms with Crippen LogP contribution in [-0.4, -0.2) is 10.5 Å². The number of hydrogen-bond acceptors (Lipinski definition) is 2. The number of pyridine rings is 1. The maximum absolute atomic E-state index is 12.2. The highest BCUT2D eigenvalue weighted by molar-refractivity contribution is 5.85. The zero-order valence-corrected chi connectivity index (χ0v) is 9.81. The highest BCUT2D eigenvalue weighted by atomic mass is 16.2. The van der Waals surface area contributed by atoms with Gasteiger partial charge in [0, 0.05) is 11.6 Å². The number of rotatable bonds is 2. The van der Waals surface area contributed by atoms with Crippen molar-refractivity contribution in [2.75, 3.05) is 0 Å². The van der Waals surface area contributed by atoms with E-state index in [1.54, 1.807) is 19.2 Å². The molecule has 0 fully saturated rings. The first-order valence-electron chi connectivity index (χ1n) is 5.42. The van der Waals surface area contributed by atoms with Crippen LogP contribution in [0.1, 0.15) is 18.5 Å². The number of primary amides is 1. The predicted octanol–water partition coefficient (Wildman–Crippen LogP) is 1.36. The molecule has 0 radical (unpaired) electrons. The molecule has 1 atom stereocenters. The normalized spacial score (nSPS) is 12.6. The van der Waals surface area contributed by atoms with Gasteiger partial charge in [-0.25, -0.2) is 0 Å². The summed E-state index contributed by atoms with van der Waals surface area (Å²) in [5, 5.41) is 1.52. The summed E-state index contributed by atoms with van der Waals surface area (Å²) in [7, 11) is 0. The minimum atomic E-state index is -0.632. The monoisotopic (exact) mass is 230 g/mol. The zero-order chi connectivity index (χ0) is 12.6. The van der Waals surface area contributed by atoms with E-state index in [1.165, 1.54) is 4.57 Å². The van der Waals surface area contributed by atoms with E-state index in [9.17, 15) is 9.59 Å². The second-order valence-electron chi connectivity index (χ2n) is 4.14. The molecule has 2 aromatic rings. The van der Waals surface area contributed by atoms with Gasteiger partial charge in [0.25, 0.3) is 5.56 Å². The molecule has 1 aromatic heterocycles. The van der Waals surface area contributed by atoms with Crippen molar-refractivity contribution < 1.29 is 4.79 Å². The van der Waals surface area contributed by atoms with Gasteiger partial charge in [0.05, 0.1) is 0 Å². The van der Waals surface area contributed by atoms with Gasteiger partial charge in [-0.15, -0.1) is 0 Å². The van der Waals surface area contributed by atoms with E-state index in [0.29, 0.717) is 5.39 Å². The van der Waals surface area contributed by atoms with Crippen LogP contribution in [0.3, 0.4) is 0 Å². The van der Waals surface area contributed by atoms with Crippen molar-refractivity contribution in [2.45, 2.75) is 19.9 Å². The standard InChI is InChI=1S/C13H14N2O2/c1-8-4-3-5-11-10(8)6-7-15(13(11)17)9(2)12(14)16/h3-7,9H,1-2H3,(H2,14,16)/t9-/m0/s1. The summed E-state index contributed by atoms with van der Waals surface area (Å²) in [4.78, 5) is 23.3. The summed E-state index contributed by atoms with van der Waals surface area (Å²) in [6.07, 6.45) is 1.62. The van der Waals surface area contributed by atoms with E-state index in [4.69, 9.17) is 5.73 Å². The fourth-order valence-corrected chi connectivity index (χ4v) is 1.89. The number of nitrogens with two attached hydrogens (primary N) is 1. The lowest BCUT2D eigenvalue weighted by atomic mass is 10.1. The second-order valence-corrected chi connectivity index (χ2v) is 4.14. The summed E-state index contributed by atoms with van der Waals surface area (Å²) in [5.41, 5.74) is 6.07. The Bertz CT molecular complexity index is 643. The number of hydrogen-bond donors (Lipinski definition) is 1. The van der Waals surface area contributed by atoms with Gasteiger partial charge in [-0.2, -0.15) is 0 Å². The van der Waals surface area contributed by atoms with Gasteiger partial charge in [-0.3, -0.25) is 9.59 Å². The number of amides is 1. The van der Waals surface area contributed by atoms with Crippen molar-refractivity contribution >= 4 is 16.7 Å². The lowest BCUT2D eigenvalue weighted by molar-refractivity contribution is -0.120. The molecule has 1 heterocycles. The summed E-state index contributed by atoms with van der Waals surface area (Å²) in [5.74, 6) is -0.515. The van der Waals surface area contributed by atoms with Gasteiger partial charge in [-0.1, -0.05) is 12.1 Å².